The molecule has 2 N–H and O–H groups in total. The standard InChI is InChI=1S/C18H19N3O2S2/c1-20(9-10-22)16-8-7-15(25-16)13-5-3-12(4-6-13)11-14-17(23)21(2)18(24)19-14/h3-8,11,22H,9-10H2,1-2H3,(H,19,24)/b14-11-. The molecule has 1 aromatic carbocycles. The number of aliphatic hydroxyl groups excluding tert-OH is 1. The van der Waals surface area contributed by atoms with Crippen LogP contribution in [0.2, 0.25) is 0 Å². The van der Waals surface area contributed by atoms with E-state index in [1.165, 1.54) is 4.90 Å². The van der Waals surface area contributed by atoms with Crippen molar-refractivity contribution in [3.8, 4) is 10.4 Å². The molecule has 1 aliphatic heterocycles. The predicted octanol–water partition coefficient (Wildman–Crippen LogP) is 2.53. The highest BCUT2D eigenvalue weighted by atomic mass is 32.1. The van der Waals surface area contributed by atoms with Gasteiger partial charge in [-0.05, 0) is 41.6 Å². The zero-order valence-electron chi connectivity index (χ0n) is 14.0. The monoisotopic (exact) mass is 373 g/mol. The second-order valence-corrected chi connectivity index (χ2v) is 7.21. The normalized spacial score (nSPS) is 15.8. The molecule has 2 heterocycles. The van der Waals surface area contributed by atoms with Crippen LogP contribution >= 0.6 is 23.6 Å². The molecule has 0 bridgehead atoms. The van der Waals surface area contributed by atoms with Crippen LogP contribution < -0.4 is 10.2 Å². The summed E-state index contributed by atoms with van der Waals surface area (Å²) >= 11 is 6.76. The lowest BCUT2D eigenvalue weighted by molar-refractivity contribution is -0.121. The molecule has 0 unspecified atom stereocenters. The average Bonchev–Trinajstić information content (AvgIpc) is 3.18. The van der Waals surface area contributed by atoms with Gasteiger partial charge in [0.2, 0.25) is 0 Å². The zero-order chi connectivity index (χ0) is 18.0. The summed E-state index contributed by atoms with van der Waals surface area (Å²) in [5.74, 6) is -0.121. The van der Waals surface area contributed by atoms with E-state index in [0.29, 0.717) is 17.4 Å². The minimum absolute atomic E-state index is 0.121. The number of aliphatic hydroxyl groups is 1. The number of rotatable bonds is 5. The molecule has 5 nitrogen and oxygen atoms in total. The summed E-state index contributed by atoms with van der Waals surface area (Å²) in [4.78, 5) is 16.6. The van der Waals surface area contributed by atoms with Crippen LogP contribution in [0.1, 0.15) is 5.56 Å². The maximum absolute atomic E-state index is 12.0. The largest absolute Gasteiger partial charge is 0.395 e. The first kappa shape index (κ1) is 17.6. The van der Waals surface area contributed by atoms with Crippen molar-refractivity contribution in [3.05, 3.63) is 47.7 Å². The van der Waals surface area contributed by atoms with E-state index in [1.807, 2.05) is 36.2 Å². The maximum atomic E-state index is 12.0. The summed E-state index contributed by atoms with van der Waals surface area (Å²) < 4.78 is 0. The second-order valence-electron chi connectivity index (χ2n) is 5.76. The van der Waals surface area contributed by atoms with Gasteiger partial charge in [0.05, 0.1) is 11.6 Å². The van der Waals surface area contributed by atoms with E-state index < -0.39 is 0 Å². The molecule has 0 saturated carbocycles. The highest BCUT2D eigenvalue weighted by molar-refractivity contribution is 7.80. The minimum Gasteiger partial charge on any atom is -0.395 e. The Kier molecular flexibility index (Phi) is 5.17. The molecule has 3 rings (SSSR count). The third-order valence-electron chi connectivity index (χ3n) is 3.99. The average molecular weight is 374 g/mol. The number of carbonyl (C=O) groups is 1. The molecule has 1 amide bonds. The maximum Gasteiger partial charge on any atom is 0.276 e. The fraction of sp³-hybridized carbons (Fsp3) is 0.222. The highest BCUT2D eigenvalue weighted by Crippen LogP contribution is 2.33. The molecule has 7 heteroatoms. The number of hydrogen-bond acceptors (Lipinski definition) is 5. The summed E-state index contributed by atoms with van der Waals surface area (Å²) in [6.45, 7) is 0.752. The zero-order valence-corrected chi connectivity index (χ0v) is 15.7. The first-order chi connectivity index (χ1) is 12.0. The number of thiophene rings is 1. The van der Waals surface area contributed by atoms with Gasteiger partial charge in [0.1, 0.15) is 5.70 Å². The molecule has 130 valence electrons. The van der Waals surface area contributed by atoms with Crippen LogP contribution in [0.5, 0.6) is 0 Å². The topological polar surface area (TPSA) is 55.8 Å². The molecular formula is C18H19N3O2S2. The van der Waals surface area contributed by atoms with Gasteiger partial charge in [-0.25, -0.2) is 0 Å². The number of amides is 1. The SMILES string of the molecule is CN1C(=O)/C(=C/c2ccc(-c3ccc(N(C)CCO)s3)cc2)NC1=S. The van der Waals surface area contributed by atoms with Crippen molar-refractivity contribution in [2.24, 2.45) is 0 Å². The summed E-state index contributed by atoms with van der Waals surface area (Å²) in [6, 6.07) is 12.2. The number of likely N-dealkylation sites (N-methyl/N-ethyl adjacent to an activating group) is 2. The van der Waals surface area contributed by atoms with Crippen LogP contribution in [0.15, 0.2) is 42.1 Å². The Morgan fingerprint density at radius 3 is 2.60 bits per heavy atom. The number of nitrogens with one attached hydrogen (secondary N) is 1. The van der Waals surface area contributed by atoms with Crippen molar-refractivity contribution in [2.45, 2.75) is 0 Å². The van der Waals surface area contributed by atoms with E-state index in [2.05, 4.69) is 17.4 Å². The number of benzene rings is 1. The van der Waals surface area contributed by atoms with Gasteiger partial charge >= 0.3 is 0 Å². The molecule has 1 fully saturated rings. The van der Waals surface area contributed by atoms with Crippen LogP contribution in [-0.4, -0.2) is 48.3 Å². The molecule has 0 atom stereocenters. The third-order valence-corrected chi connectivity index (χ3v) is 5.62. The second kappa shape index (κ2) is 7.35. The summed E-state index contributed by atoms with van der Waals surface area (Å²) in [6.07, 6.45) is 1.80. The van der Waals surface area contributed by atoms with Gasteiger partial charge in [0, 0.05) is 25.5 Å². The van der Waals surface area contributed by atoms with Crippen molar-refractivity contribution in [3.63, 3.8) is 0 Å². The fourth-order valence-corrected chi connectivity index (χ4v) is 3.67. The smallest absolute Gasteiger partial charge is 0.276 e. The molecule has 0 radical (unpaired) electrons. The van der Waals surface area contributed by atoms with Gasteiger partial charge in [-0.15, -0.1) is 11.3 Å². The number of thiocarbonyl (C=S) groups is 1. The van der Waals surface area contributed by atoms with Gasteiger partial charge < -0.3 is 15.3 Å². The third kappa shape index (κ3) is 3.73. The van der Waals surface area contributed by atoms with Crippen molar-refractivity contribution in [1.29, 1.82) is 0 Å². The lowest BCUT2D eigenvalue weighted by Crippen LogP contribution is -2.25. The van der Waals surface area contributed by atoms with Gasteiger partial charge in [-0.2, -0.15) is 0 Å². The Morgan fingerprint density at radius 2 is 2.00 bits per heavy atom. The van der Waals surface area contributed by atoms with E-state index >= 15 is 0 Å². The number of carbonyl (C=O) groups excluding carboxylic acids is 1. The van der Waals surface area contributed by atoms with E-state index in [1.54, 1.807) is 24.5 Å². The number of anilines is 1. The predicted molar refractivity (Wildman–Crippen MR) is 107 cm³/mol. The van der Waals surface area contributed by atoms with Crippen LogP contribution in [0.3, 0.4) is 0 Å². The van der Waals surface area contributed by atoms with Crippen molar-refractivity contribution in [2.75, 3.05) is 32.1 Å². The van der Waals surface area contributed by atoms with Crippen molar-refractivity contribution < 1.29 is 9.90 Å². The van der Waals surface area contributed by atoms with Crippen LogP contribution in [-0.2, 0) is 4.79 Å². The molecular weight excluding hydrogens is 354 g/mol. The summed E-state index contributed by atoms with van der Waals surface area (Å²) in [5, 5.41) is 13.5. The minimum atomic E-state index is -0.121. The van der Waals surface area contributed by atoms with E-state index in [-0.39, 0.29) is 12.5 Å². The van der Waals surface area contributed by atoms with Crippen LogP contribution in [0.4, 0.5) is 5.00 Å². The summed E-state index contributed by atoms with van der Waals surface area (Å²) in [7, 11) is 3.62. The Balaban J connectivity index is 1.77. The Morgan fingerprint density at radius 1 is 1.28 bits per heavy atom. The van der Waals surface area contributed by atoms with Crippen molar-refractivity contribution >= 4 is 45.7 Å². The van der Waals surface area contributed by atoms with Gasteiger partial charge in [0.25, 0.3) is 5.91 Å². The molecule has 1 aliphatic rings. The number of nitrogens with zero attached hydrogens (tertiary/aromatic N) is 2. The van der Waals surface area contributed by atoms with Crippen molar-refractivity contribution in [1.82, 2.24) is 10.2 Å². The number of hydrogen-bond donors (Lipinski definition) is 2. The van der Waals surface area contributed by atoms with E-state index in [9.17, 15) is 4.79 Å². The molecule has 0 spiro atoms. The highest BCUT2D eigenvalue weighted by Gasteiger charge is 2.26. The van der Waals surface area contributed by atoms with Gasteiger partial charge in [0.15, 0.2) is 5.11 Å². The lowest BCUT2D eigenvalue weighted by atomic mass is 10.1. The molecule has 0 aliphatic carbocycles. The fourth-order valence-electron chi connectivity index (χ4n) is 2.48. The Bertz CT molecular complexity index is 827. The Labute approximate surface area is 156 Å². The van der Waals surface area contributed by atoms with Crippen LogP contribution in [0.25, 0.3) is 16.5 Å². The van der Waals surface area contributed by atoms with Gasteiger partial charge in [-0.3, -0.25) is 9.69 Å². The van der Waals surface area contributed by atoms with Gasteiger partial charge in [-0.1, -0.05) is 24.3 Å². The molecule has 1 saturated heterocycles. The quantitative estimate of drug-likeness (QED) is 0.623. The molecule has 2 aromatic rings. The first-order valence-corrected chi connectivity index (χ1v) is 9.05. The molecule has 1 aromatic heterocycles. The lowest BCUT2D eigenvalue weighted by Gasteiger charge is -2.14. The first-order valence-electron chi connectivity index (χ1n) is 7.82. The van der Waals surface area contributed by atoms with E-state index in [4.69, 9.17) is 17.3 Å². The summed E-state index contributed by atoms with van der Waals surface area (Å²) in [5.41, 5.74) is 2.55. The van der Waals surface area contributed by atoms with Crippen LogP contribution in [0, 0.1) is 0 Å². The Hall–Kier alpha value is -2.22. The molecule has 25 heavy (non-hydrogen) atoms. The van der Waals surface area contributed by atoms with E-state index in [0.717, 1.165) is 21.0 Å².